The van der Waals surface area contributed by atoms with E-state index in [0.29, 0.717) is 12.3 Å². The third kappa shape index (κ3) is 2.33. The van der Waals surface area contributed by atoms with E-state index in [4.69, 9.17) is 10.2 Å². The molecular weight excluding hydrogens is 144 g/mol. The number of hydrogen-bond acceptors (Lipinski definition) is 2. The lowest BCUT2D eigenvalue weighted by molar-refractivity contribution is 0.247. The zero-order valence-corrected chi connectivity index (χ0v) is 6.26. The van der Waals surface area contributed by atoms with E-state index < -0.39 is 6.03 Å². The van der Waals surface area contributed by atoms with Crippen LogP contribution in [0.5, 0.6) is 0 Å². The molecule has 4 heteroatoms. The van der Waals surface area contributed by atoms with E-state index in [1.807, 2.05) is 13.0 Å². The number of furan rings is 1. The molecule has 0 aliphatic heterocycles. The number of primary amides is 1. The Labute approximate surface area is 64.4 Å². The number of carbonyl (C=O) groups is 1. The van der Waals surface area contributed by atoms with E-state index in [0.717, 1.165) is 5.76 Å². The largest absolute Gasteiger partial charge is 0.465 e. The first-order chi connectivity index (χ1) is 5.18. The number of hydrogen-bond donors (Lipinski definition) is 2. The van der Waals surface area contributed by atoms with Gasteiger partial charge in [0, 0.05) is 0 Å². The van der Waals surface area contributed by atoms with Crippen molar-refractivity contribution >= 4 is 6.03 Å². The van der Waals surface area contributed by atoms with Crippen LogP contribution in [0.15, 0.2) is 16.5 Å². The minimum atomic E-state index is -0.543. The zero-order valence-electron chi connectivity index (χ0n) is 6.26. The van der Waals surface area contributed by atoms with Gasteiger partial charge in [0.2, 0.25) is 0 Å². The number of nitrogens with one attached hydrogen (secondary N) is 1. The van der Waals surface area contributed by atoms with Crippen LogP contribution in [0.3, 0.4) is 0 Å². The molecule has 0 radical (unpaired) electrons. The van der Waals surface area contributed by atoms with Crippen LogP contribution >= 0.6 is 0 Å². The molecule has 11 heavy (non-hydrogen) atoms. The summed E-state index contributed by atoms with van der Waals surface area (Å²) in [5.41, 5.74) is 4.86. The van der Waals surface area contributed by atoms with Crippen LogP contribution in [0.1, 0.15) is 11.5 Å². The fraction of sp³-hybridized carbons (Fsp3) is 0.286. The monoisotopic (exact) mass is 154 g/mol. The van der Waals surface area contributed by atoms with Gasteiger partial charge in [0.15, 0.2) is 0 Å². The quantitative estimate of drug-likeness (QED) is 0.660. The van der Waals surface area contributed by atoms with E-state index in [1.165, 1.54) is 0 Å². The number of carbonyl (C=O) groups excluding carboxylic acids is 1. The first kappa shape index (κ1) is 7.65. The number of urea groups is 1. The van der Waals surface area contributed by atoms with Gasteiger partial charge in [-0.15, -0.1) is 0 Å². The third-order valence-electron chi connectivity index (χ3n) is 1.23. The molecule has 0 saturated heterocycles. The van der Waals surface area contributed by atoms with Crippen molar-refractivity contribution in [1.82, 2.24) is 5.32 Å². The molecule has 1 aromatic heterocycles. The fourth-order valence-corrected chi connectivity index (χ4v) is 0.754. The summed E-state index contributed by atoms with van der Waals surface area (Å²) in [6, 6.07) is 3.09. The molecule has 0 fully saturated rings. The minimum Gasteiger partial charge on any atom is -0.465 e. The van der Waals surface area contributed by atoms with Crippen molar-refractivity contribution in [3.63, 3.8) is 0 Å². The average molecular weight is 154 g/mol. The maximum atomic E-state index is 10.2. The number of aryl methyl sites for hydroxylation is 1. The Bertz CT molecular complexity index is 255. The molecule has 1 rings (SSSR count). The molecule has 3 N–H and O–H groups in total. The molecule has 0 bridgehead atoms. The smallest absolute Gasteiger partial charge is 0.312 e. The van der Waals surface area contributed by atoms with Gasteiger partial charge >= 0.3 is 6.03 Å². The maximum Gasteiger partial charge on any atom is 0.312 e. The van der Waals surface area contributed by atoms with Crippen molar-refractivity contribution in [2.75, 3.05) is 0 Å². The van der Waals surface area contributed by atoms with Crippen molar-refractivity contribution in [2.24, 2.45) is 5.73 Å². The molecule has 0 aliphatic carbocycles. The summed E-state index contributed by atoms with van der Waals surface area (Å²) in [6.07, 6.45) is 0. The number of rotatable bonds is 2. The molecule has 4 nitrogen and oxygen atoms in total. The summed E-state index contributed by atoms with van der Waals surface area (Å²) < 4.78 is 5.16. The molecule has 60 valence electrons. The van der Waals surface area contributed by atoms with Crippen LogP contribution in [0.4, 0.5) is 4.79 Å². The summed E-state index contributed by atoms with van der Waals surface area (Å²) in [5, 5.41) is 2.42. The molecule has 0 atom stereocenters. The summed E-state index contributed by atoms with van der Waals surface area (Å²) in [7, 11) is 0. The zero-order chi connectivity index (χ0) is 8.27. The lowest BCUT2D eigenvalue weighted by Crippen LogP contribution is -2.28. The van der Waals surface area contributed by atoms with Crippen LogP contribution in [0.2, 0.25) is 0 Å². The molecule has 0 aromatic carbocycles. The maximum absolute atomic E-state index is 10.2. The van der Waals surface area contributed by atoms with Crippen LogP contribution < -0.4 is 11.1 Å². The molecule has 2 amide bonds. The molecule has 1 heterocycles. The van der Waals surface area contributed by atoms with E-state index in [2.05, 4.69) is 5.32 Å². The Balaban J connectivity index is 2.45. The number of nitrogens with two attached hydrogens (primary N) is 1. The van der Waals surface area contributed by atoms with Gasteiger partial charge in [0.1, 0.15) is 11.5 Å². The topological polar surface area (TPSA) is 68.3 Å². The lowest BCUT2D eigenvalue weighted by atomic mass is 10.4. The van der Waals surface area contributed by atoms with E-state index in [1.54, 1.807) is 6.07 Å². The summed E-state index contributed by atoms with van der Waals surface area (Å²) in [5.74, 6) is 1.53. The third-order valence-corrected chi connectivity index (χ3v) is 1.23. The van der Waals surface area contributed by atoms with E-state index >= 15 is 0 Å². The highest BCUT2D eigenvalue weighted by atomic mass is 16.3. The van der Waals surface area contributed by atoms with Gasteiger partial charge in [-0.1, -0.05) is 0 Å². The van der Waals surface area contributed by atoms with Crippen LogP contribution in [0.25, 0.3) is 0 Å². The fourth-order valence-electron chi connectivity index (χ4n) is 0.754. The summed E-state index contributed by atoms with van der Waals surface area (Å²) >= 11 is 0. The second-order valence-electron chi connectivity index (χ2n) is 2.23. The van der Waals surface area contributed by atoms with Gasteiger partial charge in [-0.3, -0.25) is 0 Å². The van der Waals surface area contributed by atoms with Crippen molar-refractivity contribution < 1.29 is 9.21 Å². The van der Waals surface area contributed by atoms with Gasteiger partial charge in [-0.2, -0.15) is 0 Å². The lowest BCUT2D eigenvalue weighted by Gasteiger charge is -1.96. The Hall–Kier alpha value is -1.45. The molecule has 0 aliphatic rings. The normalized spacial score (nSPS) is 9.55. The van der Waals surface area contributed by atoms with Crippen LogP contribution in [0, 0.1) is 6.92 Å². The van der Waals surface area contributed by atoms with E-state index in [-0.39, 0.29) is 0 Å². The highest BCUT2D eigenvalue weighted by molar-refractivity contribution is 5.71. The first-order valence-electron chi connectivity index (χ1n) is 3.27. The molecule has 0 spiro atoms. The Kier molecular flexibility index (Phi) is 2.15. The van der Waals surface area contributed by atoms with Gasteiger partial charge in [0.25, 0.3) is 0 Å². The predicted molar refractivity (Wildman–Crippen MR) is 39.9 cm³/mol. The SMILES string of the molecule is Cc1ccc(CNC(N)=O)o1. The van der Waals surface area contributed by atoms with Crippen LogP contribution in [-0.4, -0.2) is 6.03 Å². The van der Waals surface area contributed by atoms with Crippen molar-refractivity contribution in [3.8, 4) is 0 Å². The summed E-state index contributed by atoms with van der Waals surface area (Å²) in [4.78, 5) is 10.2. The summed E-state index contributed by atoms with van der Waals surface area (Å²) in [6.45, 7) is 2.19. The van der Waals surface area contributed by atoms with Gasteiger partial charge < -0.3 is 15.5 Å². The second kappa shape index (κ2) is 3.09. The second-order valence-corrected chi connectivity index (χ2v) is 2.23. The van der Waals surface area contributed by atoms with Crippen molar-refractivity contribution in [1.29, 1.82) is 0 Å². The van der Waals surface area contributed by atoms with Gasteiger partial charge in [-0.05, 0) is 19.1 Å². The van der Waals surface area contributed by atoms with Crippen LogP contribution in [-0.2, 0) is 6.54 Å². The standard InChI is InChI=1S/C7H10N2O2/c1-5-2-3-6(11-5)4-9-7(8)10/h2-3H,4H2,1H3,(H3,8,9,10). The van der Waals surface area contributed by atoms with Crippen molar-refractivity contribution in [2.45, 2.75) is 13.5 Å². The predicted octanol–water partition coefficient (Wildman–Crippen LogP) is 0.756. The molecule has 0 unspecified atom stereocenters. The average Bonchev–Trinajstić information content (AvgIpc) is 2.31. The van der Waals surface area contributed by atoms with E-state index in [9.17, 15) is 4.79 Å². The van der Waals surface area contributed by atoms with Gasteiger partial charge in [0.05, 0.1) is 6.54 Å². The highest BCUT2D eigenvalue weighted by Gasteiger charge is 1.98. The molecule has 1 aromatic rings. The van der Waals surface area contributed by atoms with Crippen molar-refractivity contribution in [3.05, 3.63) is 23.7 Å². The molecular formula is C7H10N2O2. The van der Waals surface area contributed by atoms with Gasteiger partial charge in [-0.25, -0.2) is 4.79 Å². The Morgan fingerprint density at radius 2 is 2.45 bits per heavy atom. The first-order valence-corrected chi connectivity index (χ1v) is 3.27. The Morgan fingerprint density at radius 1 is 1.73 bits per heavy atom. The number of amides is 2. The Morgan fingerprint density at radius 3 is 2.91 bits per heavy atom. The molecule has 0 saturated carbocycles. The minimum absolute atomic E-state index is 0.350. The highest BCUT2D eigenvalue weighted by Crippen LogP contribution is 2.04.